The van der Waals surface area contributed by atoms with Gasteiger partial charge in [0.1, 0.15) is 11.4 Å². The molecule has 1 fully saturated rings. The summed E-state index contributed by atoms with van der Waals surface area (Å²) in [5.74, 6) is 0.613. The lowest BCUT2D eigenvalue weighted by molar-refractivity contribution is -0.0588. The highest BCUT2D eigenvalue weighted by Gasteiger charge is 2.49. The molecule has 2 aliphatic heterocycles. The number of hydrogen-bond acceptors (Lipinski definition) is 7. The van der Waals surface area contributed by atoms with Crippen molar-refractivity contribution in [1.82, 2.24) is 15.1 Å². The Kier molecular flexibility index (Phi) is 6.66. The molecule has 2 aliphatic rings. The molecule has 0 bridgehead atoms. The highest BCUT2D eigenvalue weighted by Crippen LogP contribution is 2.49. The maximum Gasteiger partial charge on any atom is 0.154 e. The maximum atomic E-state index is 15.2. The molecule has 168 valence electrons. The molecule has 3 heterocycles. The number of rotatable bonds is 7. The van der Waals surface area contributed by atoms with E-state index in [-0.39, 0.29) is 30.5 Å². The van der Waals surface area contributed by atoms with Crippen LogP contribution in [-0.2, 0) is 28.6 Å². The highest BCUT2D eigenvalue weighted by atomic mass is 32.2. The van der Waals surface area contributed by atoms with Crippen molar-refractivity contribution in [2.24, 2.45) is 23.7 Å². The van der Waals surface area contributed by atoms with Gasteiger partial charge in [0.2, 0.25) is 0 Å². The first kappa shape index (κ1) is 22.3. The summed E-state index contributed by atoms with van der Waals surface area (Å²) in [5, 5.41) is 8.15. The minimum atomic E-state index is -0.813. The second-order valence-electron chi connectivity index (χ2n) is 8.42. The molecule has 9 heteroatoms. The number of amidine groups is 1. The van der Waals surface area contributed by atoms with E-state index in [2.05, 4.69) is 17.3 Å². The highest BCUT2D eigenvalue weighted by molar-refractivity contribution is 8.13. The third-order valence-corrected chi connectivity index (χ3v) is 7.04. The Morgan fingerprint density at radius 1 is 1.48 bits per heavy atom. The van der Waals surface area contributed by atoms with E-state index in [0.29, 0.717) is 23.9 Å². The molecular weight excluding hydrogens is 417 g/mol. The number of nitrogens with one attached hydrogen (secondary N) is 1. The van der Waals surface area contributed by atoms with Crippen LogP contribution in [0, 0.1) is 11.7 Å². The first-order chi connectivity index (χ1) is 14.9. The second-order valence-corrected chi connectivity index (χ2v) is 9.46. The predicted molar refractivity (Wildman–Crippen MR) is 120 cm³/mol. The molecule has 0 saturated carbocycles. The van der Waals surface area contributed by atoms with Gasteiger partial charge in [0, 0.05) is 55.7 Å². The van der Waals surface area contributed by atoms with Crippen LogP contribution >= 0.6 is 11.8 Å². The molecule has 0 aliphatic carbocycles. The standard InChI is InChI=1S/C22H30FN5O2S/c1-14(11-29-3)25-8-15-4-5-19(23)18(6-15)22-13-30-20(16-9-26-28(2)10-16)7-17(22)12-31-21(24)27-22/h4-6,9-10,14,17,20,25H,7-8,11-13H2,1-3H3,(H2,24,27)/t14-,17+,20-,22+/m1/s1. The Balaban J connectivity index is 1.62. The number of methoxy groups -OCH3 is 1. The zero-order valence-corrected chi connectivity index (χ0v) is 19.0. The lowest BCUT2D eigenvalue weighted by Gasteiger charge is -2.46. The molecule has 31 heavy (non-hydrogen) atoms. The van der Waals surface area contributed by atoms with E-state index >= 15 is 4.39 Å². The van der Waals surface area contributed by atoms with Crippen LogP contribution in [0.25, 0.3) is 0 Å². The van der Waals surface area contributed by atoms with Crippen molar-refractivity contribution in [2.75, 3.05) is 26.1 Å². The van der Waals surface area contributed by atoms with Gasteiger partial charge in [0.25, 0.3) is 0 Å². The summed E-state index contributed by atoms with van der Waals surface area (Å²) in [7, 11) is 3.57. The molecule has 4 atom stereocenters. The van der Waals surface area contributed by atoms with Crippen molar-refractivity contribution in [3.8, 4) is 0 Å². The Hall–Kier alpha value is -1.94. The van der Waals surface area contributed by atoms with Crippen molar-refractivity contribution < 1.29 is 13.9 Å². The van der Waals surface area contributed by atoms with Gasteiger partial charge in [0.15, 0.2) is 5.17 Å². The van der Waals surface area contributed by atoms with Crippen LogP contribution in [0.4, 0.5) is 4.39 Å². The van der Waals surface area contributed by atoms with E-state index in [1.165, 1.54) is 17.8 Å². The zero-order chi connectivity index (χ0) is 22.0. The topological polar surface area (TPSA) is 86.7 Å². The molecule has 0 unspecified atom stereocenters. The SMILES string of the molecule is COC[C@@H](C)NCc1ccc(F)c([C@]23CO[C@@H](c4cnn(C)c4)C[C@H]2CSC(N)=N3)c1. The fourth-order valence-electron chi connectivity index (χ4n) is 4.42. The Labute approximate surface area is 186 Å². The number of aromatic nitrogens is 2. The summed E-state index contributed by atoms with van der Waals surface area (Å²) in [6.45, 7) is 3.57. The van der Waals surface area contributed by atoms with Gasteiger partial charge in [-0.25, -0.2) is 9.38 Å². The molecule has 0 spiro atoms. The van der Waals surface area contributed by atoms with Gasteiger partial charge in [-0.2, -0.15) is 5.10 Å². The van der Waals surface area contributed by atoms with Gasteiger partial charge < -0.3 is 20.5 Å². The smallest absolute Gasteiger partial charge is 0.154 e. The van der Waals surface area contributed by atoms with Crippen molar-refractivity contribution >= 4 is 16.9 Å². The minimum absolute atomic E-state index is 0.0789. The Bertz CT molecular complexity index is 952. The van der Waals surface area contributed by atoms with E-state index in [0.717, 1.165) is 23.3 Å². The Morgan fingerprint density at radius 3 is 3.06 bits per heavy atom. The van der Waals surface area contributed by atoms with Crippen LogP contribution in [0.5, 0.6) is 0 Å². The summed E-state index contributed by atoms with van der Waals surface area (Å²) in [6.07, 6.45) is 4.46. The third kappa shape index (κ3) is 4.64. The number of aryl methyl sites for hydroxylation is 1. The van der Waals surface area contributed by atoms with Crippen LogP contribution in [0.2, 0.25) is 0 Å². The Morgan fingerprint density at radius 2 is 2.32 bits per heavy atom. The van der Waals surface area contributed by atoms with Gasteiger partial charge >= 0.3 is 0 Å². The van der Waals surface area contributed by atoms with E-state index in [1.54, 1.807) is 11.8 Å². The molecule has 3 N–H and O–H groups in total. The van der Waals surface area contributed by atoms with Gasteiger partial charge in [-0.05, 0) is 31.0 Å². The fourth-order valence-corrected chi connectivity index (χ4v) is 5.43. The molecule has 7 nitrogen and oxygen atoms in total. The first-order valence-electron chi connectivity index (χ1n) is 10.5. The second kappa shape index (κ2) is 9.28. The third-order valence-electron chi connectivity index (χ3n) is 6.09. The monoisotopic (exact) mass is 447 g/mol. The largest absolute Gasteiger partial charge is 0.383 e. The predicted octanol–water partition coefficient (Wildman–Crippen LogP) is 2.72. The van der Waals surface area contributed by atoms with Crippen molar-refractivity contribution in [2.45, 2.75) is 37.6 Å². The summed E-state index contributed by atoms with van der Waals surface area (Å²) < 4.78 is 28.4. The number of nitrogens with two attached hydrogens (primary N) is 1. The molecule has 2 aromatic rings. The molecule has 0 amide bonds. The van der Waals surface area contributed by atoms with Gasteiger partial charge in [-0.1, -0.05) is 17.8 Å². The lowest BCUT2D eigenvalue weighted by Crippen LogP contribution is -2.48. The molecule has 1 saturated heterocycles. The number of hydrogen-bond donors (Lipinski definition) is 2. The normalized spacial score (nSPS) is 26.9. The van der Waals surface area contributed by atoms with Gasteiger partial charge in [0.05, 0.1) is 25.5 Å². The molecule has 4 rings (SSSR count). The van der Waals surface area contributed by atoms with E-state index in [4.69, 9.17) is 20.2 Å². The zero-order valence-electron chi connectivity index (χ0n) is 18.2. The van der Waals surface area contributed by atoms with Crippen LogP contribution in [0.3, 0.4) is 0 Å². The average molecular weight is 448 g/mol. The van der Waals surface area contributed by atoms with Crippen LogP contribution in [0.1, 0.15) is 36.1 Å². The number of nitrogens with zero attached hydrogens (tertiary/aromatic N) is 3. The first-order valence-corrected chi connectivity index (χ1v) is 11.5. The lowest BCUT2D eigenvalue weighted by atomic mass is 9.74. The molecule has 1 aromatic carbocycles. The number of thioether (sulfide) groups is 1. The van der Waals surface area contributed by atoms with Crippen LogP contribution in [-0.4, -0.2) is 47.1 Å². The van der Waals surface area contributed by atoms with E-state index < -0.39 is 5.54 Å². The number of fused-ring (bicyclic) bond motifs is 1. The quantitative estimate of drug-likeness (QED) is 0.679. The summed E-state index contributed by atoms with van der Waals surface area (Å²) in [5.41, 5.74) is 7.91. The number of aliphatic imine (C=N–C) groups is 1. The van der Waals surface area contributed by atoms with Crippen molar-refractivity contribution in [3.05, 3.63) is 53.1 Å². The van der Waals surface area contributed by atoms with Crippen LogP contribution < -0.4 is 11.1 Å². The fraction of sp³-hybridized carbons (Fsp3) is 0.545. The van der Waals surface area contributed by atoms with Gasteiger partial charge in [-0.15, -0.1) is 0 Å². The maximum absolute atomic E-state index is 15.2. The van der Waals surface area contributed by atoms with Crippen molar-refractivity contribution in [1.29, 1.82) is 0 Å². The van der Waals surface area contributed by atoms with Gasteiger partial charge in [-0.3, -0.25) is 4.68 Å². The van der Waals surface area contributed by atoms with E-state index in [1.807, 2.05) is 31.6 Å². The number of benzene rings is 1. The number of halogens is 1. The summed E-state index contributed by atoms with van der Waals surface area (Å²) in [6, 6.07) is 5.45. The summed E-state index contributed by atoms with van der Waals surface area (Å²) >= 11 is 1.53. The molecule has 0 radical (unpaired) electrons. The molecular formula is C22H30FN5O2S. The average Bonchev–Trinajstić information content (AvgIpc) is 3.19. The van der Waals surface area contributed by atoms with Crippen LogP contribution in [0.15, 0.2) is 35.6 Å². The minimum Gasteiger partial charge on any atom is -0.383 e. The molecule has 1 aromatic heterocycles. The number of ether oxygens (including phenoxy) is 2. The van der Waals surface area contributed by atoms with Crippen molar-refractivity contribution in [3.63, 3.8) is 0 Å². The van der Waals surface area contributed by atoms with E-state index in [9.17, 15) is 0 Å². The summed E-state index contributed by atoms with van der Waals surface area (Å²) in [4.78, 5) is 4.80.